The van der Waals surface area contributed by atoms with Crippen molar-refractivity contribution in [2.45, 2.75) is 0 Å². The second kappa shape index (κ2) is 6.36. The number of halogens is 1. The predicted octanol–water partition coefficient (Wildman–Crippen LogP) is 2.61. The van der Waals surface area contributed by atoms with Gasteiger partial charge in [0.15, 0.2) is 0 Å². The van der Waals surface area contributed by atoms with E-state index in [9.17, 15) is 9.18 Å². The van der Waals surface area contributed by atoms with E-state index in [0.717, 1.165) is 0 Å². The Morgan fingerprint density at radius 1 is 1.05 bits per heavy atom. The zero-order valence-electron chi connectivity index (χ0n) is 10.2. The average Bonchev–Trinajstić information content (AvgIpc) is 2.46. The Kier molecular flexibility index (Phi) is 4.30. The minimum absolute atomic E-state index is 0.183. The summed E-state index contributed by atoms with van der Waals surface area (Å²) in [6.45, 7) is 0.183. The van der Waals surface area contributed by atoms with Gasteiger partial charge in [0.1, 0.15) is 5.82 Å². The van der Waals surface area contributed by atoms with Crippen LogP contribution in [-0.4, -0.2) is 12.5 Å². The highest BCUT2D eigenvalue weighted by atomic mass is 19.1. The number of hydrogen-bond acceptors (Lipinski definition) is 1. The second-order valence-electron chi connectivity index (χ2n) is 3.83. The molecular weight excluding hydrogens is 241 g/mol. The first-order valence-corrected chi connectivity index (χ1v) is 5.84. The summed E-state index contributed by atoms with van der Waals surface area (Å²) in [4.78, 5) is 11.7. The molecule has 0 aromatic heterocycles. The summed E-state index contributed by atoms with van der Waals surface area (Å²) in [6, 6.07) is 15.1. The van der Waals surface area contributed by atoms with Crippen LogP contribution in [0.4, 0.5) is 4.39 Å². The van der Waals surface area contributed by atoms with Crippen LogP contribution in [0.25, 0.3) is 0 Å². The third kappa shape index (κ3) is 3.68. The third-order valence-corrected chi connectivity index (χ3v) is 2.47. The van der Waals surface area contributed by atoms with Crippen LogP contribution in [0, 0.1) is 17.7 Å². The van der Waals surface area contributed by atoms with Gasteiger partial charge in [0.2, 0.25) is 0 Å². The second-order valence-corrected chi connectivity index (χ2v) is 3.83. The van der Waals surface area contributed by atoms with Gasteiger partial charge in [-0.15, -0.1) is 0 Å². The fraction of sp³-hybridized carbons (Fsp3) is 0.0625. The Balaban J connectivity index is 1.92. The summed E-state index contributed by atoms with van der Waals surface area (Å²) in [5.74, 6) is 4.85. The molecule has 1 amide bonds. The van der Waals surface area contributed by atoms with Crippen LogP contribution in [0.5, 0.6) is 0 Å². The lowest BCUT2D eigenvalue weighted by Crippen LogP contribution is -2.23. The van der Waals surface area contributed by atoms with Gasteiger partial charge in [0, 0.05) is 5.56 Å². The molecule has 0 atom stereocenters. The number of carbonyl (C=O) groups excluding carboxylic acids is 1. The molecule has 0 fully saturated rings. The lowest BCUT2D eigenvalue weighted by molar-refractivity contribution is 0.0958. The number of rotatable bonds is 2. The van der Waals surface area contributed by atoms with Crippen molar-refractivity contribution < 1.29 is 9.18 Å². The van der Waals surface area contributed by atoms with Gasteiger partial charge in [-0.2, -0.15) is 0 Å². The summed E-state index contributed by atoms with van der Waals surface area (Å²) in [7, 11) is 0. The van der Waals surface area contributed by atoms with Crippen molar-refractivity contribution in [3.63, 3.8) is 0 Å². The predicted molar refractivity (Wildman–Crippen MR) is 72.1 cm³/mol. The molecule has 2 aromatic rings. The zero-order valence-corrected chi connectivity index (χ0v) is 10.2. The third-order valence-electron chi connectivity index (χ3n) is 2.47. The van der Waals surface area contributed by atoms with Crippen LogP contribution in [0.15, 0.2) is 54.6 Å². The highest BCUT2D eigenvalue weighted by Gasteiger charge is 2.01. The number of carbonyl (C=O) groups is 1. The smallest absolute Gasteiger partial charge is 0.252 e. The molecule has 0 aliphatic carbocycles. The summed E-state index contributed by atoms with van der Waals surface area (Å²) in [5, 5.41) is 2.65. The van der Waals surface area contributed by atoms with Gasteiger partial charge in [0.25, 0.3) is 5.91 Å². The van der Waals surface area contributed by atoms with Crippen LogP contribution in [0.2, 0.25) is 0 Å². The zero-order chi connectivity index (χ0) is 13.5. The van der Waals surface area contributed by atoms with Crippen LogP contribution < -0.4 is 5.32 Å². The van der Waals surface area contributed by atoms with Crippen molar-refractivity contribution in [1.82, 2.24) is 5.32 Å². The van der Waals surface area contributed by atoms with E-state index in [1.807, 2.05) is 6.07 Å². The molecule has 0 saturated carbocycles. The molecule has 0 bridgehead atoms. The summed E-state index contributed by atoms with van der Waals surface area (Å²) < 4.78 is 13.3. The summed E-state index contributed by atoms with van der Waals surface area (Å²) in [5.41, 5.74) is 0.909. The molecule has 0 saturated heterocycles. The molecule has 0 spiro atoms. The first-order chi connectivity index (χ1) is 9.27. The minimum atomic E-state index is -0.357. The van der Waals surface area contributed by atoms with E-state index in [-0.39, 0.29) is 18.3 Å². The van der Waals surface area contributed by atoms with Crippen molar-refractivity contribution in [1.29, 1.82) is 0 Å². The van der Waals surface area contributed by atoms with Crippen LogP contribution in [0.1, 0.15) is 15.9 Å². The molecule has 0 unspecified atom stereocenters. The van der Waals surface area contributed by atoms with E-state index in [4.69, 9.17) is 0 Å². The highest BCUT2D eigenvalue weighted by Crippen LogP contribution is 2.03. The van der Waals surface area contributed by atoms with E-state index in [0.29, 0.717) is 11.1 Å². The van der Waals surface area contributed by atoms with Gasteiger partial charge in [-0.25, -0.2) is 4.39 Å². The van der Waals surface area contributed by atoms with Gasteiger partial charge in [-0.05, 0) is 24.3 Å². The van der Waals surface area contributed by atoms with Gasteiger partial charge in [-0.3, -0.25) is 4.79 Å². The maximum atomic E-state index is 13.3. The van der Waals surface area contributed by atoms with Crippen LogP contribution >= 0.6 is 0 Å². The summed E-state index contributed by atoms with van der Waals surface area (Å²) in [6.07, 6.45) is 0. The quantitative estimate of drug-likeness (QED) is 0.819. The van der Waals surface area contributed by atoms with Crippen LogP contribution in [-0.2, 0) is 0 Å². The first kappa shape index (κ1) is 12.8. The normalized spacial score (nSPS) is 9.32. The molecule has 0 heterocycles. The largest absolute Gasteiger partial charge is 0.341 e. The molecule has 2 rings (SSSR count). The monoisotopic (exact) mass is 253 g/mol. The molecule has 19 heavy (non-hydrogen) atoms. The summed E-state index contributed by atoms with van der Waals surface area (Å²) >= 11 is 0. The maximum absolute atomic E-state index is 13.3. The first-order valence-electron chi connectivity index (χ1n) is 5.84. The van der Waals surface area contributed by atoms with Gasteiger partial charge in [-0.1, -0.05) is 42.2 Å². The lowest BCUT2D eigenvalue weighted by atomic mass is 10.2. The van der Waals surface area contributed by atoms with Crippen molar-refractivity contribution in [2.75, 3.05) is 6.54 Å². The van der Waals surface area contributed by atoms with Crippen molar-refractivity contribution in [3.8, 4) is 11.8 Å². The average molecular weight is 253 g/mol. The molecule has 94 valence electrons. The van der Waals surface area contributed by atoms with Crippen molar-refractivity contribution in [2.24, 2.45) is 0 Å². The molecule has 0 aliphatic heterocycles. The SMILES string of the molecule is O=C(NCC#Cc1ccccc1F)c1ccccc1. The van der Waals surface area contributed by atoms with Gasteiger partial charge >= 0.3 is 0 Å². The minimum Gasteiger partial charge on any atom is -0.341 e. The fourth-order valence-corrected chi connectivity index (χ4v) is 1.52. The Morgan fingerprint density at radius 3 is 2.47 bits per heavy atom. The van der Waals surface area contributed by atoms with E-state index in [1.165, 1.54) is 6.07 Å². The molecule has 0 radical (unpaired) electrons. The number of benzene rings is 2. The standard InChI is InChI=1S/C16H12FNO/c17-15-11-5-4-7-13(15)10-6-12-18-16(19)14-8-2-1-3-9-14/h1-5,7-9,11H,12H2,(H,18,19). The highest BCUT2D eigenvalue weighted by molar-refractivity contribution is 5.94. The topological polar surface area (TPSA) is 29.1 Å². The Labute approximate surface area is 111 Å². The number of amides is 1. The number of hydrogen-bond donors (Lipinski definition) is 1. The Morgan fingerprint density at radius 2 is 1.74 bits per heavy atom. The molecule has 2 aromatic carbocycles. The van der Waals surface area contributed by atoms with E-state index in [1.54, 1.807) is 42.5 Å². The van der Waals surface area contributed by atoms with Crippen molar-refractivity contribution >= 4 is 5.91 Å². The lowest BCUT2D eigenvalue weighted by Gasteiger charge is -2.00. The van der Waals surface area contributed by atoms with E-state index >= 15 is 0 Å². The van der Waals surface area contributed by atoms with E-state index in [2.05, 4.69) is 17.2 Å². The van der Waals surface area contributed by atoms with Crippen LogP contribution in [0.3, 0.4) is 0 Å². The maximum Gasteiger partial charge on any atom is 0.252 e. The molecule has 3 heteroatoms. The Bertz CT molecular complexity index is 626. The van der Waals surface area contributed by atoms with E-state index < -0.39 is 0 Å². The Hall–Kier alpha value is -2.60. The van der Waals surface area contributed by atoms with Gasteiger partial charge < -0.3 is 5.32 Å². The fourth-order valence-electron chi connectivity index (χ4n) is 1.52. The molecule has 1 N–H and O–H groups in total. The molecular formula is C16H12FNO. The number of nitrogens with one attached hydrogen (secondary N) is 1. The van der Waals surface area contributed by atoms with Crippen molar-refractivity contribution in [3.05, 3.63) is 71.5 Å². The molecule has 2 nitrogen and oxygen atoms in total. The van der Waals surface area contributed by atoms with Gasteiger partial charge in [0.05, 0.1) is 12.1 Å². The molecule has 0 aliphatic rings.